The van der Waals surface area contributed by atoms with Crippen LogP contribution in [0.3, 0.4) is 0 Å². The van der Waals surface area contributed by atoms with Crippen LogP contribution in [0.15, 0.2) is 24.3 Å². The molecule has 1 fully saturated rings. The molecule has 3 nitrogen and oxygen atoms in total. The first-order chi connectivity index (χ1) is 10.3. The molecule has 0 heterocycles. The first-order valence-electron chi connectivity index (χ1n) is 8.44. The highest BCUT2D eigenvalue weighted by molar-refractivity contribution is 5.28. The highest BCUT2D eigenvalue weighted by Gasteiger charge is 2.28. The van der Waals surface area contributed by atoms with Gasteiger partial charge in [-0.25, -0.2) is 0 Å². The first-order valence-corrected chi connectivity index (χ1v) is 8.44. The molecule has 1 aromatic carbocycles. The average molecular weight is 290 g/mol. The quantitative estimate of drug-likeness (QED) is 0.836. The maximum absolute atomic E-state index is 6.00. The van der Waals surface area contributed by atoms with Crippen LogP contribution in [-0.2, 0) is 6.54 Å². The van der Waals surface area contributed by atoms with Gasteiger partial charge in [-0.05, 0) is 56.5 Å². The first kappa shape index (κ1) is 16.3. The molecule has 1 aliphatic carbocycles. The molecular formula is C18H30N2O. The lowest BCUT2D eigenvalue weighted by Gasteiger charge is -2.39. The maximum atomic E-state index is 6.00. The van der Waals surface area contributed by atoms with Crippen LogP contribution in [0.1, 0.15) is 45.1 Å². The number of benzene rings is 1. The van der Waals surface area contributed by atoms with E-state index in [1.165, 1.54) is 31.2 Å². The summed E-state index contributed by atoms with van der Waals surface area (Å²) in [6.45, 7) is 7.91. The smallest absolute Gasteiger partial charge is 0.119 e. The Morgan fingerprint density at radius 2 is 2.05 bits per heavy atom. The third-order valence-corrected chi connectivity index (χ3v) is 4.64. The molecule has 118 valence electrons. The molecule has 21 heavy (non-hydrogen) atoms. The van der Waals surface area contributed by atoms with Crippen molar-refractivity contribution in [3.63, 3.8) is 0 Å². The molecule has 1 saturated carbocycles. The fourth-order valence-electron chi connectivity index (χ4n) is 3.54. The lowest BCUT2D eigenvalue weighted by molar-refractivity contribution is 0.105. The Labute approximate surface area is 129 Å². The third-order valence-electron chi connectivity index (χ3n) is 4.64. The number of hydrogen-bond acceptors (Lipinski definition) is 3. The van der Waals surface area contributed by atoms with Crippen LogP contribution in [0, 0.1) is 5.92 Å². The summed E-state index contributed by atoms with van der Waals surface area (Å²) < 4.78 is 5.61. The molecule has 1 aliphatic rings. The van der Waals surface area contributed by atoms with Gasteiger partial charge < -0.3 is 10.5 Å². The van der Waals surface area contributed by atoms with E-state index in [0.717, 1.165) is 32.0 Å². The van der Waals surface area contributed by atoms with Gasteiger partial charge >= 0.3 is 0 Å². The van der Waals surface area contributed by atoms with E-state index in [1.54, 1.807) is 0 Å². The van der Waals surface area contributed by atoms with E-state index in [1.807, 2.05) is 13.0 Å². The Bertz CT molecular complexity index is 421. The molecule has 0 radical (unpaired) electrons. The van der Waals surface area contributed by atoms with Crippen molar-refractivity contribution in [2.24, 2.45) is 11.7 Å². The molecule has 0 bridgehead atoms. The Balaban J connectivity index is 2.05. The number of ether oxygens (including phenoxy) is 1. The molecule has 0 spiro atoms. The van der Waals surface area contributed by atoms with Crippen LogP contribution in [0.4, 0.5) is 0 Å². The monoisotopic (exact) mass is 290 g/mol. The minimum atomic E-state index is 0.643. The predicted octanol–water partition coefficient (Wildman–Crippen LogP) is 3.42. The normalized spacial score (nSPS) is 22.5. The molecule has 3 heteroatoms. The Morgan fingerprint density at radius 1 is 1.24 bits per heavy atom. The summed E-state index contributed by atoms with van der Waals surface area (Å²) in [7, 11) is 0. The topological polar surface area (TPSA) is 38.5 Å². The zero-order valence-electron chi connectivity index (χ0n) is 13.6. The molecule has 1 aromatic rings. The second-order valence-electron chi connectivity index (χ2n) is 5.99. The van der Waals surface area contributed by atoms with Gasteiger partial charge in [-0.15, -0.1) is 0 Å². The predicted molar refractivity (Wildman–Crippen MR) is 88.5 cm³/mol. The lowest BCUT2D eigenvalue weighted by atomic mass is 9.83. The van der Waals surface area contributed by atoms with E-state index in [9.17, 15) is 0 Å². The zero-order valence-corrected chi connectivity index (χ0v) is 13.6. The minimum absolute atomic E-state index is 0.643. The highest BCUT2D eigenvalue weighted by atomic mass is 16.5. The molecule has 2 atom stereocenters. The lowest BCUT2D eigenvalue weighted by Crippen LogP contribution is -2.44. The van der Waals surface area contributed by atoms with Gasteiger partial charge in [0.15, 0.2) is 0 Å². The maximum Gasteiger partial charge on any atom is 0.119 e. The number of nitrogens with two attached hydrogens (primary N) is 1. The van der Waals surface area contributed by atoms with Gasteiger partial charge in [0.25, 0.3) is 0 Å². The summed E-state index contributed by atoms with van der Waals surface area (Å²) >= 11 is 0. The van der Waals surface area contributed by atoms with Gasteiger partial charge in [0.05, 0.1) is 6.61 Å². The van der Waals surface area contributed by atoms with Crippen LogP contribution in [-0.4, -0.2) is 30.6 Å². The van der Waals surface area contributed by atoms with Crippen molar-refractivity contribution in [1.82, 2.24) is 4.90 Å². The fourth-order valence-corrected chi connectivity index (χ4v) is 3.54. The van der Waals surface area contributed by atoms with Crippen LogP contribution < -0.4 is 10.5 Å². The Hall–Kier alpha value is -1.06. The van der Waals surface area contributed by atoms with E-state index in [2.05, 4.69) is 30.0 Å². The van der Waals surface area contributed by atoms with Crippen molar-refractivity contribution < 1.29 is 4.74 Å². The summed E-state index contributed by atoms with van der Waals surface area (Å²) in [6.07, 6.45) is 5.27. The summed E-state index contributed by atoms with van der Waals surface area (Å²) in [5.41, 5.74) is 7.33. The Kier molecular flexibility index (Phi) is 6.52. The van der Waals surface area contributed by atoms with Gasteiger partial charge in [-0.3, -0.25) is 4.90 Å². The summed E-state index contributed by atoms with van der Waals surface area (Å²) in [5.74, 6) is 1.64. The summed E-state index contributed by atoms with van der Waals surface area (Å²) in [6, 6.07) is 9.14. The van der Waals surface area contributed by atoms with Crippen molar-refractivity contribution in [2.75, 3.05) is 19.7 Å². The number of hydrogen-bond donors (Lipinski definition) is 1. The third kappa shape index (κ3) is 4.45. The molecule has 0 amide bonds. The van der Waals surface area contributed by atoms with Gasteiger partial charge in [0.1, 0.15) is 5.75 Å². The van der Waals surface area contributed by atoms with Crippen LogP contribution in [0.25, 0.3) is 0 Å². The highest BCUT2D eigenvalue weighted by Crippen LogP contribution is 2.29. The molecule has 0 saturated heterocycles. The average Bonchev–Trinajstić information content (AvgIpc) is 2.53. The fraction of sp³-hybridized carbons (Fsp3) is 0.667. The van der Waals surface area contributed by atoms with Crippen molar-refractivity contribution >= 4 is 0 Å². The van der Waals surface area contributed by atoms with Crippen molar-refractivity contribution in [2.45, 2.75) is 52.1 Å². The van der Waals surface area contributed by atoms with Crippen LogP contribution in [0.5, 0.6) is 5.75 Å². The van der Waals surface area contributed by atoms with Crippen molar-refractivity contribution in [3.8, 4) is 5.75 Å². The molecule has 0 aromatic heterocycles. The van der Waals surface area contributed by atoms with Gasteiger partial charge in [-0.1, -0.05) is 31.9 Å². The summed E-state index contributed by atoms with van der Waals surface area (Å²) in [5, 5.41) is 0. The largest absolute Gasteiger partial charge is 0.494 e. The molecule has 2 N–H and O–H groups in total. The van der Waals surface area contributed by atoms with E-state index < -0.39 is 0 Å². The molecular weight excluding hydrogens is 260 g/mol. The van der Waals surface area contributed by atoms with Gasteiger partial charge in [-0.2, -0.15) is 0 Å². The van der Waals surface area contributed by atoms with E-state index >= 15 is 0 Å². The van der Waals surface area contributed by atoms with Crippen molar-refractivity contribution in [3.05, 3.63) is 29.8 Å². The molecule has 0 aliphatic heterocycles. The molecule has 2 unspecified atom stereocenters. The summed E-state index contributed by atoms with van der Waals surface area (Å²) in [4.78, 5) is 2.60. The standard InChI is InChI=1S/C18H30N2O/c1-3-20(18-11-6-5-9-16(18)13-19)14-15-8-7-10-17(12-15)21-4-2/h7-8,10,12,16,18H,3-6,9,11,13-14,19H2,1-2H3. The minimum Gasteiger partial charge on any atom is -0.494 e. The zero-order chi connectivity index (χ0) is 15.1. The van der Waals surface area contributed by atoms with E-state index in [-0.39, 0.29) is 0 Å². The second-order valence-corrected chi connectivity index (χ2v) is 5.99. The SMILES string of the molecule is CCOc1cccc(CN(CC)C2CCCCC2CN)c1. The Morgan fingerprint density at radius 3 is 2.76 bits per heavy atom. The molecule has 2 rings (SSSR count). The number of rotatable bonds is 7. The van der Waals surface area contributed by atoms with Gasteiger partial charge in [0.2, 0.25) is 0 Å². The second kappa shape index (κ2) is 8.40. The van der Waals surface area contributed by atoms with E-state index in [0.29, 0.717) is 12.0 Å². The van der Waals surface area contributed by atoms with Crippen LogP contribution >= 0.6 is 0 Å². The van der Waals surface area contributed by atoms with Crippen LogP contribution in [0.2, 0.25) is 0 Å². The number of nitrogens with zero attached hydrogens (tertiary/aromatic N) is 1. The van der Waals surface area contributed by atoms with Gasteiger partial charge in [0, 0.05) is 12.6 Å². The van der Waals surface area contributed by atoms with E-state index in [4.69, 9.17) is 10.5 Å². The van der Waals surface area contributed by atoms with Crippen molar-refractivity contribution in [1.29, 1.82) is 0 Å².